The van der Waals surface area contributed by atoms with E-state index >= 15 is 0 Å². The largest absolute Gasteiger partial charge is 0.497 e. The Balaban J connectivity index is 2.24. The quantitative estimate of drug-likeness (QED) is 0.785. The summed E-state index contributed by atoms with van der Waals surface area (Å²) in [5.74, 6) is -0.126. The first-order valence-corrected chi connectivity index (χ1v) is 9.05. The van der Waals surface area contributed by atoms with Crippen molar-refractivity contribution in [2.24, 2.45) is 0 Å². The minimum Gasteiger partial charge on any atom is -0.497 e. The molecular weight excluding hydrogens is 362 g/mol. The molecule has 1 aromatic carbocycles. The molecule has 9 heteroatoms. The SMILES string of the molecule is COC(=O)c1sc(Cl)cc1S(=O)(=O)NCc1cccc(OC)c1. The molecule has 124 valence electrons. The minimum atomic E-state index is -3.91. The van der Waals surface area contributed by atoms with Crippen LogP contribution in [0.25, 0.3) is 0 Å². The van der Waals surface area contributed by atoms with Crippen LogP contribution in [-0.4, -0.2) is 28.6 Å². The lowest BCUT2D eigenvalue weighted by Crippen LogP contribution is -2.24. The van der Waals surface area contributed by atoms with E-state index in [9.17, 15) is 13.2 Å². The second-order valence-electron chi connectivity index (χ2n) is 4.41. The summed E-state index contributed by atoms with van der Waals surface area (Å²) in [6, 6.07) is 8.21. The van der Waals surface area contributed by atoms with Gasteiger partial charge in [-0.3, -0.25) is 0 Å². The van der Waals surface area contributed by atoms with E-state index in [-0.39, 0.29) is 20.7 Å². The normalized spacial score (nSPS) is 11.3. The highest BCUT2D eigenvalue weighted by Gasteiger charge is 2.26. The van der Waals surface area contributed by atoms with Crippen molar-refractivity contribution in [3.63, 3.8) is 0 Å². The predicted octanol–water partition coefficient (Wildman–Crippen LogP) is 2.68. The fourth-order valence-corrected chi connectivity index (χ4v) is 4.56. The lowest BCUT2D eigenvalue weighted by molar-refractivity contribution is 0.0602. The lowest BCUT2D eigenvalue weighted by Gasteiger charge is -2.08. The van der Waals surface area contributed by atoms with Gasteiger partial charge in [-0.25, -0.2) is 17.9 Å². The van der Waals surface area contributed by atoms with Gasteiger partial charge in [-0.05, 0) is 23.8 Å². The maximum Gasteiger partial charge on any atom is 0.349 e. The van der Waals surface area contributed by atoms with Crippen molar-refractivity contribution in [3.05, 3.63) is 45.1 Å². The van der Waals surface area contributed by atoms with Gasteiger partial charge in [0.25, 0.3) is 0 Å². The maximum absolute atomic E-state index is 12.4. The van der Waals surface area contributed by atoms with Gasteiger partial charge in [-0.15, -0.1) is 11.3 Å². The molecule has 23 heavy (non-hydrogen) atoms. The van der Waals surface area contributed by atoms with Crippen molar-refractivity contribution in [2.75, 3.05) is 14.2 Å². The van der Waals surface area contributed by atoms with Crippen LogP contribution in [0.1, 0.15) is 15.2 Å². The average Bonchev–Trinajstić information content (AvgIpc) is 2.95. The molecule has 0 fully saturated rings. The molecule has 1 aromatic heterocycles. The number of ether oxygens (including phenoxy) is 2. The van der Waals surface area contributed by atoms with Gasteiger partial charge in [0.05, 0.1) is 18.6 Å². The van der Waals surface area contributed by atoms with Gasteiger partial charge in [0.2, 0.25) is 10.0 Å². The van der Waals surface area contributed by atoms with Gasteiger partial charge in [0, 0.05) is 6.54 Å². The average molecular weight is 376 g/mol. The molecule has 1 heterocycles. The number of carbonyl (C=O) groups is 1. The summed E-state index contributed by atoms with van der Waals surface area (Å²) in [5, 5.41) is 0. The van der Waals surface area contributed by atoms with Crippen molar-refractivity contribution in [2.45, 2.75) is 11.4 Å². The number of nitrogens with one attached hydrogen (secondary N) is 1. The highest BCUT2D eigenvalue weighted by Crippen LogP contribution is 2.30. The minimum absolute atomic E-state index is 0.0492. The summed E-state index contributed by atoms with van der Waals surface area (Å²) < 4.78 is 37.1. The lowest BCUT2D eigenvalue weighted by atomic mass is 10.2. The summed E-state index contributed by atoms with van der Waals surface area (Å²) in [5.41, 5.74) is 0.717. The van der Waals surface area contributed by atoms with E-state index in [4.69, 9.17) is 16.3 Å². The standard InChI is InChI=1S/C14H14ClNO5S2/c1-20-10-5-3-4-9(6-10)8-16-23(18,19)11-7-12(15)22-13(11)14(17)21-2/h3-7,16H,8H2,1-2H3. The van der Waals surface area contributed by atoms with Crippen molar-refractivity contribution in [3.8, 4) is 5.75 Å². The molecule has 0 bridgehead atoms. The number of rotatable bonds is 6. The Morgan fingerprint density at radius 1 is 1.30 bits per heavy atom. The van der Waals surface area contributed by atoms with Crippen LogP contribution < -0.4 is 9.46 Å². The van der Waals surface area contributed by atoms with Crippen LogP contribution in [0, 0.1) is 0 Å². The Morgan fingerprint density at radius 2 is 2.04 bits per heavy atom. The van der Waals surface area contributed by atoms with Crippen LogP contribution in [0.2, 0.25) is 4.34 Å². The molecule has 2 rings (SSSR count). The summed E-state index contributed by atoms with van der Waals surface area (Å²) in [6.07, 6.45) is 0. The monoisotopic (exact) mass is 375 g/mol. The topological polar surface area (TPSA) is 81.7 Å². The second kappa shape index (κ2) is 7.31. The zero-order chi connectivity index (χ0) is 17.0. The summed E-state index contributed by atoms with van der Waals surface area (Å²) in [7, 11) is -1.20. The molecule has 0 aliphatic rings. The van der Waals surface area contributed by atoms with Crippen molar-refractivity contribution >= 4 is 38.9 Å². The molecule has 0 atom stereocenters. The van der Waals surface area contributed by atoms with E-state index in [1.807, 2.05) is 0 Å². The Bertz CT molecular complexity index is 816. The van der Waals surface area contributed by atoms with E-state index in [1.165, 1.54) is 20.3 Å². The van der Waals surface area contributed by atoms with Gasteiger partial charge in [0.15, 0.2) is 0 Å². The van der Waals surface area contributed by atoms with Crippen molar-refractivity contribution in [1.82, 2.24) is 4.72 Å². The highest BCUT2D eigenvalue weighted by atomic mass is 35.5. The van der Waals surface area contributed by atoms with Crippen molar-refractivity contribution in [1.29, 1.82) is 0 Å². The number of benzene rings is 1. The molecule has 2 aromatic rings. The third-order valence-electron chi connectivity index (χ3n) is 2.93. The number of carbonyl (C=O) groups excluding carboxylic acids is 1. The second-order valence-corrected chi connectivity index (χ2v) is 7.83. The first kappa shape index (κ1) is 17.7. The molecule has 1 N–H and O–H groups in total. The van der Waals surface area contributed by atoms with Crippen LogP contribution in [0.5, 0.6) is 5.75 Å². The fraction of sp³-hybridized carbons (Fsp3) is 0.214. The highest BCUT2D eigenvalue weighted by molar-refractivity contribution is 7.89. The van der Waals surface area contributed by atoms with Gasteiger partial charge >= 0.3 is 5.97 Å². The molecule has 0 amide bonds. The molecule has 0 unspecified atom stereocenters. The zero-order valence-corrected chi connectivity index (χ0v) is 14.7. The molecule has 6 nitrogen and oxygen atoms in total. The number of thiophene rings is 1. The van der Waals surface area contributed by atoms with Crippen molar-refractivity contribution < 1.29 is 22.7 Å². The number of esters is 1. The van der Waals surface area contributed by atoms with E-state index in [1.54, 1.807) is 24.3 Å². The first-order valence-electron chi connectivity index (χ1n) is 6.37. The number of hydrogen-bond acceptors (Lipinski definition) is 6. The molecule has 0 spiro atoms. The molecule has 0 saturated carbocycles. The van der Waals surface area contributed by atoms with Crippen LogP contribution in [0.3, 0.4) is 0 Å². The fourth-order valence-electron chi connectivity index (χ4n) is 1.82. The molecule has 0 aliphatic heterocycles. The molecule has 0 saturated heterocycles. The Labute approximate surface area is 143 Å². The van der Waals surface area contributed by atoms with E-state index in [0.717, 1.165) is 11.3 Å². The number of sulfonamides is 1. The molecular formula is C14H14ClNO5S2. The first-order chi connectivity index (χ1) is 10.9. The third-order valence-corrected chi connectivity index (χ3v) is 5.73. The zero-order valence-electron chi connectivity index (χ0n) is 12.3. The van der Waals surface area contributed by atoms with Crippen LogP contribution in [0.15, 0.2) is 35.2 Å². The molecule has 0 aliphatic carbocycles. The summed E-state index contributed by atoms with van der Waals surface area (Å²) >= 11 is 6.68. The number of methoxy groups -OCH3 is 2. The Morgan fingerprint density at radius 3 is 2.70 bits per heavy atom. The maximum atomic E-state index is 12.4. The third kappa shape index (κ3) is 4.23. The van der Waals surface area contributed by atoms with Crippen LogP contribution in [-0.2, 0) is 21.3 Å². The van der Waals surface area contributed by atoms with E-state index in [0.29, 0.717) is 11.3 Å². The summed E-state index contributed by atoms with van der Waals surface area (Å²) in [4.78, 5) is 11.4. The summed E-state index contributed by atoms with van der Waals surface area (Å²) in [6.45, 7) is 0.0492. The number of hydrogen-bond donors (Lipinski definition) is 1. The Kier molecular flexibility index (Phi) is 5.64. The van der Waals surface area contributed by atoms with Gasteiger partial charge < -0.3 is 9.47 Å². The predicted molar refractivity (Wildman–Crippen MR) is 87.7 cm³/mol. The van der Waals surface area contributed by atoms with E-state index < -0.39 is 16.0 Å². The van der Waals surface area contributed by atoms with Crippen LogP contribution >= 0.6 is 22.9 Å². The van der Waals surface area contributed by atoms with Gasteiger partial charge in [-0.2, -0.15) is 0 Å². The number of halogens is 1. The van der Waals surface area contributed by atoms with Gasteiger partial charge in [-0.1, -0.05) is 23.7 Å². The Hall–Kier alpha value is -1.61. The molecule has 0 radical (unpaired) electrons. The van der Waals surface area contributed by atoms with E-state index in [2.05, 4.69) is 9.46 Å². The van der Waals surface area contributed by atoms with Gasteiger partial charge in [0.1, 0.15) is 15.5 Å². The smallest absolute Gasteiger partial charge is 0.349 e. The van der Waals surface area contributed by atoms with Crippen LogP contribution in [0.4, 0.5) is 0 Å².